The van der Waals surface area contributed by atoms with Crippen molar-refractivity contribution in [2.45, 2.75) is 13.5 Å². The normalized spacial score (nSPS) is 10.0. The lowest BCUT2D eigenvalue weighted by atomic mass is 10.1. The van der Waals surface area contributed by atoms with Crippen molar-refractivity contribution >= 4 is 23.0 Å². The van der Waals surface area contributed by atoms with Crippen LogP contribution in [0.25, 0.3) is 0 Å². The third-order valence-corrected chi connectivity index (χ3v) is 3.18. The van der Waals surface area contributed by atoms with Crippen molar-refractivity contribution in [2.24, 2.45) is 0 Å². The number of rotatable bonds is 5. The second-order valence-corrected chi connectivity index (χ2v) is 5.10. The van der Waals surface area contributed by atoms with Gasteiger partial charge in [0.2, 0.25) is 5.91 Å². The Balaban J connectivity index is 2.15. The van der Waals surface area contributed by atoms with Crippen LogP contribution in [0.2, 0.25) is 0 Å². The Morgan fingerprint density at radius 3 is 2.29 bits per heavy atom. The highest BCUT2D eigenvalue weighted by Crippen LogP contribution is 2.25. The fourth-order valence-corrected chi connectivity index (χ4v) is 2.19. The van der Waals surface area contributed by atoms with E-state index in [2.05, 4.69) is 27.7 Å². The van der Waals surface area contributed by atoms with Crippen molar-refractivity contribution in [3.05, 3.63) is 54.1 Å². The van der Waals surface area contributed by atoms with Crippen molar-refractivity contribution < 1.29 is 4.79 Å². The predicted octanol–water partition coefficient (Wildman–Crippen LogP) is 3.32. The highest BCUT2D eigenvalue weighted by Gasteiger charge is 2.06. The summed E-state index contributed by atoms with van der Waals surface area (Å²) in [4.78, 5) is 13.3. The molecule has 2 aromatic rings. The molecule has 0 aliphatic rings. The van der Waals surface area contributed by atoms with Crippen LogP contribution in [0, 0.1) is 0 Å². The first kappa shape index (κ1) is 14.9. The maximum atomic E-state index is 11.2. The number of nitrogens with one attached hydrogen (secondary N) is 2. The lowest BCUT2D eigenvalue weighted by Gasteiger charge is -2.19. The summed E-state index contributed by atoms with van der Waals surface area (Å²) >= 11 is 0. The van der Waals surface area contributed by atoms with E-state index in [9.17, 15) is 4.79 Å². The number of carbonyl (C=O) groups is 1. The van der Waals surface area contributed by atoms with Crippen molar-refractivity contribution in [1.82, 2.24) is 0 Å². The largest absolute Gasteiger partial charge is 0.379 e. The van der Waals surface area contributed by atoms with Crippen LogP contribution in [-0.4, -0.2) is 20.0 Å². The summed E-state index contributed by atoms with van der Waals surface area (Å²) in [6.45, 7) is 2.17. The Hall–Kier alpha value is -2.49. The lowest BCUT2D eigenvalue weighted by Crippen LogP contribution is -2.13. The van der Waals surface area contributed by atoms with Gasteiger partial charge in [-0.2, -0.15) is 0 Å². The molecule has 21 heavy (non-hydrogen) atoms. The molecule has 2 rings (SSSR count). The number of benzene rings is 2. The summed E-state index contributed by atoms with van der Waals surface area (Å²) in [6.07, 6.45) is 0. The van der Waals surface area contributed by atoms with E-state index in [0.717, 1.165) is 22.6 Å². The van der Waals surface area contributed by atoms with Crippen LogP contribution < -0.4 is 15.5 Å². The lowest BCUT2D eigenvalue weighted by molar-refractivity contribution is -0.114. The molecule has 4 nitrogen and oxygen atoms in total. The molecule has 2 aromatic carbocycles. The van der Waals surface area contributed by atoms with Crippen LogP contribution in [0.1, 0.15) is 12.5 Å². The Kier molecular flexibility index (Phi) is 4.82. The first-order chi connectivity index (χ1) is 10.1. The number of para-hydroxylation sites is 3. The number of hydrogen-bond donors (Lipinski definition) is 2. The molecular weight excluding hydrogens is 262 g/mol. The van der Waals surface area contributed by atoms with Gasteiger partial charge in [0, 0.05) is 33.3 Å². The summed E-state index contributed by atoms with van der Waals surface area (Å²) in [5.41, 5.74) is 4.11. The van der Waals surface area contributed by atoms with Crippen molar-refractivity contribution in [3.63, 3.8) is 0 Å². The van der Waals surface area contributed by atoms with E-state index in [0.29, 0.717) is 6.54 Å². The average molecular weight is 283 g/mol. The van der Waals surface area contributed by atoms with Crippen LogP contribution >= 0.6 is 0 Å². The SMILES string of the molecule is CC(=O)Nc1ccccc1CNc1ccccc1N(C)C. The molecule has 0 spiro atoms. The molecule has 0 aliphatic carbocycles. The van der Waals surface area contributed by atoms with Crippen molar-refractivity contribution in [3.8, 4) is 0 Å². The minimum atomic E-state index is -0.0591. The fourth-order valence-electron chi connectivity index (χ4n) is 2.19. The zero-order valence-electron chi connectivity index (χ0n) is 12.7. The fraction of sp³-hybridized carbons (Fsp3) is 0.235. The van der Waals surface area contributed by atoms with Gasteiger partial charge in [0.25, 0.3) is 0 Å². The van der Waals surface area contributed by atoms with E-state index >= 15 is 0 Å². The Morgan fingerprint density at radius 1 is 1.00 bits per heavy atom. The average Bonchev–Trinajstić information content (AvgIpc) is 2.46. The first-order valence-electron chi connectivity index (χ1n) is 6.93. The van der Waals surface area contributed by atoms with Gasteiger partial charge in [-0.05, 0) is 23.8 Å². The molecular formula is C17H21N3O. The van der Waals surface area contributed by atoms with Gasteiger partial charge in [0.05, 0.1) is 11.4 Å². The molecule has 4 heteroatoms. The second-order valence-electron chi connectivity index (χ2n) is 5.10. The van der Waals surface area contributed by atoms with E-state index in [1.165, 1.54) is 6.92 Å². The molecule has 0 atom stereocenters. The number of amides is 1. The quantitative estimate of drug-likeness (QED) is 0.884. The second kappa shape index (κ2) is 6.79. The molecule has 0 radical (unpaired) electrons. The van der Waals surface area contributed by atoms with Crippen LogP contribution in [0.3, 0.4) is 0 Å². The topological polar surface area (TPSA) is 44.4 Å². The number of hydrogen-bond acceptors (Lipinski definition) is 3. The molecule has 2 N–H and O–H groups in total. The molecule has 0 bridgehead atoms. The van der Waals surface area contributed by atoms with Crippen LogP contribution in [0.15, 0.2) is 48.5 Å². The number of nitrogens with zero attached hydrogens (tertiary/aromatic N) is 1. The van der Waals surface area contributed by atoms with Gasteiger partial charge in [-0.1, -0.05) is 30.3 Å². The number of anilines is 3. The third kappa shape index (κ3) is 3.99. The Bertz CT molecular complexity index is 623. The van der Waals surface area contributed by atoms with Gasteiger partial charge in [-0.15, -0.1) is 0 Å². The minimum Gasteiger partial charge on any atom is -0.379 e. The van der Waals surface area contributed by atoms with Gasteiger partial charge >= 0.3 is 0 Å². The summed E-state index contributed by atoms with van der Waals surface area (Å²) in [7, 11) is 4.04. The molecule has 110 valence electrons. The summed E-state index contributed by atoms with van der Waals surface area (Å²) in [5.74, 6) is -0.0591. The van der Waals surface area contributed by atoms with Crippen molar-refractivity contribution in [1.29, 1.82) is 0 Å². The predicted molar refractivity (Wildman–Crippen MR) is 88.8 cm³/mol. The zero-order chi connectivity index (χ0) is 15.2. The van der Waals surface area contributed by atoms with Gasteiger partial charge in [-0.3, -0.25) is 4.79 Å². The summed E-state index contributed by atoms with van der Waals surface area (Å²) in [5, 5.41) is 6.29. The smallest absolute Gasteiger partial charge is 0.221 e. The standard InChI is InChI=1S/C17H21N3O/c1-13(21)19-15-9-5-4-8-14(15)12-18-16-10-6-7-11-17(16)20(2)3/h4-11,18H,12H2,1-3H3,(H,19,21). The monoisotopic (exact) mass is 283 g/mol. The van der Waals surface area contributed by atoms with Gasteiger partial charge in [0.1, 0.15) is 0 Å². The van der Waals surface area contributed by atoms with E-state index < -0.39 is 0 Å². The Labute approximate surface area is 125 Å². The third-order valence-electron chi connectivity index (χ3n) is 3.18. The zero-order valence-corrected chi connectivity index (χ0v) is 12.7. The summed E-state index contributed by atoms with van der Waals surface area (Å²) in [6, 6.07) is 16.0. The molecule has 0 unspecified atom stereocenters. The molecule has 0 aromatic heterocycles. The van der Waals surface area contributed by atoms with Crippen LogP contribution in [0.5, 0.6) is 0 Å². The van der Waals surface area contributed by atoms with E-state index in [1.807, 2.05) is 50.5 Å². The highest BCUT2D eigenvalue weighted by atomic mass is 16.1. The molecule has 1 amide bonds. The summed E-state index contributed by atoms with van der Waals surface area (Å²) < 4.78 is 0. The molecule has 0 aliphatic heterocycles. The van der Waals surface area contributed by atoms with Gasteiger partial charge in [0.15, 0.2) is 0 Å². The molecule has 0 saturated heterocycles. The molecule has 0 fully saturated rings. The van der Waals surface area contributed by atoms with Gasteiger partial charge in [-0.25, -0.2) is 0 Å². The maximum absolute atomic E-state index is 11.2. The van der Waals surface area contributed by atoms with E-state index in [-0.39, 0.29) is 5.91 Å². The van der Waals surface area contributed by atoms with Gasteiger partial charge < -0.3 is 15.5 Å². The maximum Gasteiger partial charge on any atom is 0.221 e. The van der Waals surface area contributed by atoms with Crippen LogP contribution in [-0.2, 0) is 11.3 Å². The first-order valence-corrected chi connectivity index (χ1v) is 6.93. The molecule has 0 saturated carbocycles. The van der Waals surface area contributed by atoms with E-state index in [1.54, 1.807) is 0 Å². The van der Waals surface area contributed by atoms with Crippen molar-refractivity contribution in [2.75, 3.05) is 29.6 Å². The minimum absolute atomic E-state index is 0.0591. The van der Waals surface area contributed by atoms with Crippen LogP contribution in [0.4, 0.5) is 17.1 Å². The molecule has 0 heterocycles. The highest BCUT2D eigenvalue weighted by molar-refractivity contribution is 5.89. The van der Waals surface area contributed by atoms with E-state index in [4.69, 9.17) is 0 Å². The Morgan fingerprint density at radius 2 is 1.62 bits per heavy atom. The number of carbonyl (C=O) groups excluding carboxylic acids is 1.